The molecule has 75 heavy (non-hydrogen) atoms. The number of hydrogen-bond donors (Lipinski definition) is 0. The lowest BCUT2D eigenvalue weighted by Crippen LogP contribution is -2.66. The summed E-state index contributed by atoms with van der Waals surface area (Å²) in [5, 5.41) is 0. The van der Waals surface area contributed by atoms with Gasteiger partial charge in [0.1, 0.15) is 42.7 Å². The summed E-state index contributed by atoms with van der Waals surface area (Å²) < 4.78 is 75.4. The number of rotatable bonds is 26. The van der Waals surface area contributed by atoms with Crippen molar-refractivity contribution in [1.29, 1.82) is 0 Å². The van der Waals surface area contributed by atoms with E-state index in [9.17, 15) is 4.79 Å². The predicted molar refractivity (Wildman–Crippen MR) is 281 cm³/mol. The molecule has 2 saturated heterocycles. The highest BCUT2D eigenvalue weighted by Gasteiger charge is 2.55. The number of carbonyl (C=O) groups is 1. The van der Waals surface area contributed by atoms with E-state index in [2.05, 4.69) is 0 Å². The third kappa shape index (κ3) is 16.1. The average Bonchev–Trinajstić information content (AvgIpc) is 3.46. The molecule has 390 valence electrons. The van der Waals surface area contributed by atoms with Crippen molar-refractivity contribution in [3.8, 4) is 0 Å². The van der Waals surface area contributed by atoms with Crippen LogP contribution in [-0.2, 0) is 103 Å². The van der Waals surface area contributed by atoms with E-state index in [1.54, 1.807) is 0 Å². The molecule has 12 heteroatoms. The normalized spacial score (nSPS) is 23.6. The van der Waals surface area contributed by atoms with Gasteiger partial charge in [-0.3, -0.25) is 4.79 Å². The summed E-state index contributed by atoms with van der Waals surface area (Å²) in [6, 6.07) is 69.2. The highest BCUT2D eigenvalue weighted by molar-refractivity contribution is 5.66. The molecule has 2 heterocycles. The van der Waals surface area contributed by atoms with Crippen LogP contribution in [-0.4, -0.2) is 80.6 Å². The smallest absolute Gasteiger partial charge is 0.303 e. The predicted octanol–water partition coefficient (Wildman–Crippen LogP) is 10.7. The van der Waals surface area contributed by atoms with Crippen molar-refractivity contribution in [1.82, 2.24) is 0 Å². The number of hydrogen-bond acceptors (Lipinski definition) is 12. The van der Waals surface area contributed by atoms with E-state index in [1.807, 2.05) is 212 Å². The fourth-order valence-electron chi connectivity index (χ4n) is 9.21. The van der Waals surface area contributed by atoms with E-state index in [4.69, 9.17) is 52.1 Å². The molecule has 0 amide bonds. The summed E-state index contributed by atoms with van der Waals surface area (Å²) >= 11 is 0. The second-order valence-electron chi connectivity index (χ2n) is 18.6. The zero-order valence-electron chi connectivity index (χ0n) is 42.2. The quantitative estimate of drug-likeness (QED) is 0.0481. The molecular weight excluding hydrogens is 949 g/mol. The molecule has 0 unspecified atom stereocenters. The summed E-state index contributed by atoms with van der Waals surface area (Å²) in [4.78, 5) is 13.4. The monoisotopic (exact) mass is 1010 g/mol. The van der Waals surface area contributed by atoms with Crippen molar-refractivity contribution in [2.75, 3.05) is 13.2 Å². The van der Waals surface area contributed by atoms with Crippen LogP contribution in [0.25, 0.3) is 0 Å². The van der Waals surface area contributed by atoms with Crippen LogP contribution in [0.2, 0.25) is 0 Å². The molecule has 7 aromatic rings. The zero-order chi connectivity index (χ0) is 51.3. The minimum Gasteiger partial charge on any atom is -0.457 e. The molecule has 0 aromatic heterocycles. The van der Waals surface area contributed by atoms with Gasteiger partial charge in [0.25, 0.3) is 0 Å². The lowest BCUT2D eigenvalue weighted by atomic mass is 9.96. The Kier molecular flexibility index (Phi) is 20.3. The largest absolute Gasteiger partial charge is 0.457 e. The van der Waals surface area contributed by atoms with Crippen LogP contribution in [0, 0.1) is 0 Å². The van der Waals surface area contributed by atoms with Crippen LogP contribution in [0.3, 0.4) is 0 Å². The molecule has 0 N–H and O–H groups in total. The summed E-state index contributed by atoms with van der Waals surface area (Å²) in [6.07, 6.45) is -9.52. The van der Waals surface area contributed by atoms with Crippen molar-refractivity contribution in [2.45, 2.75) is 115 Å². The van der Waals surface area contributed by atoms with Crippen molar-refractivity contribution in [2.24, 2.45) is 0 Å². The Bertz CT molecular complexity index is 2670. The van der Waals surface area contributed by atoms with E-state index in [0.717, 1.165) is 38.9 Å². The van der Waals surface area contributed by atoms with Crippen LogP contribution < -0.4 is 0 Å². The van der Waals surface area contributed by atoms with E-state index >= 15 is 0 Å². The van der Waals surface area contributed by atoms with Gasteiger partial charge in [-0.25, -0.2) is 0 Å². The molecule has 12 nitrogen and oxygen atoms in total. The highest BCUT2D eigenvalue weighted by atomic mass is 16.8. The molecule has 2 aliphatic rings. The molecule has 2 aliphatic heterocycles. The Hall–Kier alpha value is -6.39. The number of ether oxygens (including phenoxy) is 11. The van der Waals surface area contributed by atoms with E-state index < -0.39 is 67.4 Å². The minimum atomic E-state index is -1.25. The second-order valence-corrected chi connectivity index (χ2v) is 18.6. The maximum absolute atomic E-state index is 13.4. The fraction of sp³-hybridized carbons (Fsp3) is 0.317. The van der Waals surface area contributed by atoms with Gasteiger partial charge in [-0.1, -0.05) is 212 Å². The van der Waals surface area contributed by atoms with Gasteiger partial charge in [0.15, 0.2) is 18.7 Å². The van der Waals surface area contributed by atoms with Crippen LogP contribution in [0.15, 0.2) is 212 Å². The van der Waals surface area contributed by atoms with Gasteiger partial charge < -0.3 is 52.1 Å². The van der Waals surface area contributed by atoms with Gasteiger partial charge in [0, 0.05) is 6.92 Å². The molecule has 7 aromatic carbocycles. The first kappa shape index (κ1) is 53.4. The van der Waals surface area contributed by atoms with Gasteiger partial charge in [-0.05, 0) is 38.9 Å². The van der Waals surface area contributed by atoms with Gasteiger partial charge in [-0.2, -0.15) is 0 Å². The van der Waals surface area contributed by atoms with E-state index in [-0.39, 0.29) is 46.2 Å². The van der Waals surface area contributed by atoms with Gasteiger partial charge in [-0.15, -0.1) is 0 Å². The lowest BCUT2D eigenvalue weighted by Gasteiger charge is -2.49. The molecule has 0 spiro atoms. The van der Waals surface area contributed by atoms with Crippen LogP contribution in [0.4, 0.5) is 0 Å². The summed E-state index contributed by atoms with van der Waals surface area (Å²) in [7, 11) is 0. The summed E-state index contributed by atoms with van der Waals surface area (Å²) in [6.45, 7) is 3.11. The Morgan fingerprint density at radius 1 is 0.333 bits per heavy atom. The van der Waals surface area contributed by atoms with Gasteiger partial charge in [0.2, 0.25) is 0 Å². The summed E-state index contributed by atoms with van der Waals surface area (Å²) in [5.74, 6) is -0.535. The number of carbonyl (C=O) groups excluding carboxylic acids is 1. The van der Waals surface area contributed by atoms with Gasteiger partial charge >= 0.3 is 5.97 Å². The zero-order valence-corrected chi connectivity index (χ0v) is 42.2. The third-order valence-electron chi connectivity index (χ3n) is 13.0. The van der Waals surface area contributed by atoms with Gasteiger partial charge in [0.05, 0.1) is 59.5 Å². The first-order valence-corrected chi connectivity index (χ1v) is 25.7. The van der Waals surface area contributed by atoms with Crippen molar-refractivity contribution >= 4 is 5.97 Å². The lowest BCUT2D eigenvalue weighted by molar-refractivity contribution is -0.392. The Morgan fingerprint density at radius 2 is 0.587 bits per heavy atom. The maximum Gasteiger partial charge on any atom is 0.303 e. The Morgan fingerprint density at radius 3 is 0.893 bits per heavy atom. The van der Waals surface area contributed by atoms with Crippen LogP contribution in [0.5, 0.6) is 0 Å². The molecule has 0 saturated carbocycles. The first-order valence-electron chi connectivity index (χ1n) is 25.7. The van der Waals surface area contributed by atoms with E-state index in [0.29, 0.717) is 13.2 Å². The fourth-order valence-corrected chi connectivity index (χ4v) is 9.21. The standard InChI is InChI=1S/C63H66O12/c1-46(64)72-59-57(68-40-50-29-15-5-16-30-50)55(45-66-38-48-25-11-3-12-26-48)74-63(61(59)71-43-53-35-21-8-22-36-53)75-62-60(70-42-52-33-19-7-20-34-52)58(69-41-51-31-17-6-18-32-51)56(67-39-49-27-13-4-14-28-49)54(73-62)44-65-37-47-23-9-2-10-24-47/h2-36,54-63H,37-45H2,1H3/t54-,55-,56-,57+,58+,59+,60+,61-,62-,63-/m1/s1. The third-order valence-corrected chi connectivity index (χ3v) is 13.0. The number of esters is 1. The minimum absolute atomic E-state index is 0.0466. The van der Waals surface area contributed by atoms with E-state index in [1.165, 1.54) is 6.92 Å². The second kappa shape index (κ2) is 28.5. The highest BCUT2D eigenvalue weighted by Crippen LogP contribution is 2.37. The molecule has 2 fully saturated rings. The van der Waals surface area contributed by atoms with Crippen molar-refractivity contribution < 1.29 is 56.9 Å². The topological polar surface area (TPSA) is 119 Å². The average molecular weight is 1020 g/mol. The number of benzene rings is 7. The van der Waals surface area contributed by atoms with Crippen molar-refractivity contribution in [3.63, 3.8) is 0 Å². The molecule has 9 rings (SSSR count). The molecular formula is C63H66O12. The maximum atomic E-state index is 13.4. The first-order chi connectivity index (χ1) is 37.0. The van der Waals surface area contributed by atoms with Crippen molar-refractivity contribution in [3.05, 3.63) is 251 Å². The molecule has 0 radical (unpaired) electrons. The Balaban J connectivity index is 1.10. The van der Waals surface area contributed by atoms with Crippen LogP contribution >= 0.6 is 0 Å². The Labute approximate surface area is 440 Å². The molecule has 0 aliphatic carbocycles. The molecule has 10 atom stereocenters. The van der Waals surface area contributed by atoms with Crippen LogP contribution in [0.1, 0.15) is 45.9 Å². The molecule has 0 bridgehead atoms. The summed E-state index contributed by atoms with van der Waals surface area (Å²) in [5.41, 5.74) is 6.63. The SMILES string of the molecule is CC(=O)O[C@H]1[C@@H](OCc2ccccc2)[C@@H](COCc2ccccc2)O[C@H](O[C@H]2O[C@H](COCc3ccccc3)[C@@H](OCc3ccccc3)[C@H](OCc3ccccc3)[C@@H]2OCc2ccccc2)[C@@H]1OCc1ccccc1.